The molecule has 0 saturated carbocycles. The molecule has 0 aliphatic carbocycles. The minimum atomic E-state index is -3.57. The first kappa shape index (κ1) is 11.3. The Bertz CT molecular complexity index is 402. The maximum atomic E-state index is 11.3. The Morgan fingerprint density at radius 2 is 2.21 bits per heavy atom. The summed E-state index contributed by atoms with van der Waals surface area (Å²) in [6.45, 7) is 2.27. The molecular weight excluding hydrogens is 232 g/mol. The predicted octanol–water partition coefficient (Wildman–Crippen LogP) is -4.13. The lowest BCUT2D eigenvalue weighted by Crippen LogP contribution is -3.00. The van der Waals surface area contributed by atoms with Gasteiger partial charge in [0.05, 0.1) is 0 Å². The zero-order valence-corrected chi connectivity index (χ0v) is 8.93. The van der Waals surface area contributed by atoms with E-state index in [1.807, 2.05) is 4.72 Å². The number of ether oxygens (including phenoxy) is 1. The molecule has 0 bridgehead atoms. The van der Waals surface area contributed by atoms with E-state index in [4.69, 9.17) is 4.74 Å². The molecule has 0 aromatic heterocycles. The first-order chi connectivity index (χ1) is 6.02. The van der Waals surface area contributed by atoms with Gasteiger partial charge >= 0.3 is 16.1 Å². The van der Waals surface area contributed by atoms with Gasteiger partial charge in [0.2, 0.25) is 0 Å². The minimum Gasteiger partial charge on any atom is -1.00 e. The van der Waals surface area contributed by atoms with Crippen LogP contribution in [0.25, 0.3) is 0 Å². The van der Waals surface area contributed by atoms with Gasteiger partial charge in [-0.25, -0.2) is 0 Å². The highest BCUT2D eigenvalue weighted by molar-refractivity contribution is 7.91. The van der Waals surface area contributed by atoms with E-state index in [9.17, 15) is 13.2 Å². The molecule has 2 aliphatic heterocycles. The Morgan fingerprint density at radius 1 is 1.57 bits per heavy atom. The zero-order chi connectivity index (χ0) is 9.64. The fourth-order valence-electron chi connectivity index (χ4n) is 1.37. The highest BCUT2D eigenvalue weighted by atomic mass is 35.5. The molecule has 0 radical (unpaired) electrons. The number of nitrogens with zero attached hydrogens (tertiary/aromatic N) is 1. The average Bonchev–Trinajstić information content (AvgIpc) is 2.47. The number of carbonyl (C=O) groups is 1. The van der Waals surface area contributed by atoms with Gasteiger partial charge in [0.15, 0.2) is 5.25 Å². The van der Waals surface area contributed by atoms with E-state index < -0.39 is 21.3 Å². The van der Waals surface area contributed by atoms with Crippen LogP contribution >= 0.6 is 0 Å². The second-order valence-electron chi connectivity index (χ2n) is 2.93. The van der Waals surface area contributed by atoms with Crippen molar-refractivity contribution in [1.82, 2.24) is 4.72 Å². The van der Waals surface area contributed by atoms with Crippen molar-refractivity contribution in [3.05, 3.63) is 0 Å². The molecule has 14 heavy (non-hydrogen) atoms. The number of nitrogens with one attached hydrogen (secondary N) is 1. The van der Waals surface area contributed by atoms with Crippen molar-refractivity contribution in [2.24, 2.45) is 0 Å². The largest absolute Gasteiger partial charge is 1.00 e. The molecule has 6 nitrogen and oxygen atoms in total. The Hall–Kier alpha value is -0.820. The van der Waals surface area contributed by atoms with Gasteiger partial charge < -0.3 is 17.1 Å². The lowest BCUT2D eigenvalue weighted by Gasteiger charge is -2.13. The van der Waals surface area contributed by atoms with Gasteiger partial charge in [-0.05, 0) is 6.92 Å². The number of carbonyl (C=O) groups excluding carboxylic acids is 1. The average molecular weight is 241 g/mol. The molecule has 2 heterocycles. The molecule has 2 rings (SSSR count). The Balaban J connectivity index is 0.000000980. The monoisotopic (exact) mass is 240 g/mol. The number of amides is 2. The molecule has 2 amide bonds. The summed E-state index contributed by atoms with van der Waals surface area (Å²) < 4.78 is 30.9. The molecule has 2 aliphatic rings. The zero-order valence-electron chi connectivity index (χ0n) is 7.36. The van der Waals surface area contributed by atoms with Crippen molar-refractivity contribution in [1.29, 1.82) is 0 Å². The van der Waals surface area contributed by atoms with Crippen molar-refractivity contribution in [3.8, 4) is 0 Å². The fourth-order valence-corrected chi connectivity index (χ4v) is 2.36. The van der Waals surface area contributed by atoms with Crippen LogP contribution in [0.15, 0.2) is 0 Å². The van der Waals surface area contributed by atoms with Crippen molar-refractivity contribution >= 4 is 22.0 Å². The fraction of sp³-hybridized carbons (Fsp3) is 0.667. The normalized spacial score (nSPS) is 28.6. The first-order valence-corrected chi connectivity index (χ1v) is 5.40. The van der Waals surface area contributed by atoms with E-state index in [-0.39, 0.29) is 18.3 Å². The molecule has 8 heteroatoms. The summed E-state index contributed by atoms with van der Waals surface area (Å²) in [7, 11) is -3.57. The summed E-state index contributed by atoms with van der Waals surface area (Å²) in [5, 5.41) is -0.785. The summed E-state index contributed by atoms with van der Waals surface area (Å²) in [6, 6.07) is -0.620. The molecule has 0 aromatic rings. The second kappa shape index (κ2) is 3.39. The van der Waals surface area contributed by atoms with Crippen molar-refractivity contribution in [2.45, 2.75) is 12.2 Å². The van der Waals surface area contributed by atoms with E-state index in [2.05, 4.69) is 0 Å². The SMILES string of the molecule is CC1C2=[N+](CCO2)C(=O)NS1(=O)=O.[Cl-]. The van der Waals surface area contributed by atoms with Crippen LogP contribution < -0.4 is 17.1 Å². The van der Waals surface area contributed by atoms with Crippen LogP contribution in [0.3, 0.4) is 0 Å². The maximum Gasteiger partial charge on any atom is 0.509 e. The topological polar surface area (TPSA) is 75.5 Å². The third kappa shape index (κ3) is 1.46. The molecule has 1 atom stereocenters. The number of halogens is 1. The van der Waals surface area contributed by atoms with Crippen LogP contribution in [0.2, 0.25) is 0 Å². The Kier molecular flexibility index (Phi) is 2.73. The van der Waals surface area contributed by atoms with Gasteiger partial charge in [0.25, 0.3) is 5.90 Å². The Morgan fingerprint density at radius 3 is 2.86 bits per heavy atom. The predicted molar refractivity (Wildman–Crippen MR) is 43.0 cm³/mol. The minimum absolute atomic E-state index is 0. The van der Waals surface area contributed by atoms with Gasteiger partial charge in [-0.2, -0.15) is 17.8 Å². The molecule has 1 unspecified atom stereocenters. The summed E-state index contributed by atoms with van der Waals surface area (Å²) in [5.41, 5.74) is 0. The molecule has 1 N–H and O–H groups in total. The molecule has 0 spiro atoms. The molecule has 80 valence electrons. The second-order valence-corrected chi connectivity index (χ2v) is 4.93. The van der Waals surface area contributed by atoms with Crippen molar-refractivity contribution in [2.75, 3.05) is 13.2 Å². The van der Waals surface area contributed by atoms with E-state index in [1.165, 1.54) is 11.5 Å². The van der Waals surface area contributed by atoms with E-state index in [0.717, 1.165) is 0 Å². The lowest BCUT2D eigenvalue weighted by atomic mass is 10.4. The van der Waals surface area contributed by atoms with Crippen LogP contribution in [0.5, 0.6) is 0 Å². The lowest BCUT2D eigenvalue weighted by molar-refractivity contribution is -0.418. The third-order valence-electron chi connectivity index (χ3n) is 2.12. The highest BCUT2D eigenvalue weighted by Crippen LogP contribution is 2.12. The number of urea groups is 1. The van der Waals surface area contributed by atoms with Crippen molar-refractivity contribution in [3.63, 3.8) is 0 Å². The van der Waals surface area contributed by atoms with E-state index in [1.54, 1.807) is 0 Å². The summed E-state index contributed by atoms with van der Waals surface area (Å²) in [5.74, 6) is 0.240. The highest BCUT2D eigenvalue weighted by Gasteiger charge is 2.47. The summed E-state index contributed by atoms with van der Waals surface area (Å²) >= 11 is 0. The maximum absolute atomic E-state index is 11.3. The third-order valence-corrected chi connectivity index (χ3v) is 3.71. The van der Waals surface area contributed by atoms with Crippen molar-refractivity contribution < 1.29 is 34.9 Å². The number of hydrogen-bond donors (Lipinski definition) is 1. The van der Waals surface area contributed by atoms with Gasteiger partial charge in [0, 0.05) is 0 Å². The van der Waals surface area contributed by atoms with Crippen LogP contribution in [0, 0.1) is 0 Å². The van der Waals surface area contributed by atoms with E-state index in [0.29, 0.717) is 13.2 Å². The van der Waals surface area contributed by atoms with Crippen LogP contribution in [-0.2, 0) is 14.8 Å². The summed E-state index contributed by atoms with van der Waals surface area (Å²) in [4.78, 5) is 11.2. The van der Waals surface area contributed by atoms with Gasteiger partial charge in [-0.3, -0.25) is 0 Å². The number of sulfonamides is 1. The van der Waals surface area contributed by atoms with Crippen LogP contribution in [0.1, 0.15) is 6.92 Å². The van der Waals surface area contributed by atoms with Crippen LogP contribution in [0.4, 0.5) is 4.79 Å². The van der Waals surface area contributed by atoms with Gasteiger partial charge in [-0.15, -0.1) is 4.72 Å². The summed E-state index contributed by atoms with van der Waals surface area (Å²) in [6.07, 6.45) is 0. The molecule has 0 aromatic carbocycles. The standard InChI is InChI=1S/C6H8N2O4S.ClH/c1-4-5-8(2-3-12-5)6(9)7-13(4,10)11;/h4H,2-3H2,1H3;1H. The molecule has 0 saturated heterocycles. The Labute approximate surface area is 87.4 Å². The molecule has 0 fully saturated rings. The smallest absolute Gasteiger partial charge is 0.509 e. The quantitative estimate of drug-likeness (QED) is 0.437. The van der Waals surface area contributed by atoms with Crippen LogP contribution in [-0.4, -0.2) is 43.3 Å². The van der Waals surface area contributed by atoms with Gasteiger partial charge in [-0.1, -0.05) is 0 Å². The molecular formula is C6H9ClN2O4S. The van der Waals surface area contributed by atoms with E-state index >= 15 is 0 Å². The number of rotatable bonds is 0. The van der Waals surface area contributed by atoms with Gasteiger partial charge in [0.1, 0.15) is 13.2 Å². The number of hydrogen-bond acceptors (Lipinski definition) is 4. The first-order valence-electron chi connectivity index (χ1n) is 3.85.